The van der Waals surface area contributed by atoms with Crippen LogP contribution in [0.4, 0.5) is 4.39 Å². The van der Waals surface area contributed by atoms with Gasteiger partial charge in [-0.1, -0.05) is 0 Å². The van der Waals surface area contributed by atoms with Crippen LogP contribution in [0.2, 0.25) is 0 Å². The van der Waals surface area contributed by atoms with Crippen LogP contribution in [0.25, 0.3) is 11.0 Å². The van der Waals surface area contributed by atoms with Gasteiger partial charge in [0.15, 0.2) is 4.77 Å². The van der Waals surface area contributed by atoms with Gasteiger partial charge in [0.1, 0.15) is 17.6 Å². The van der Waals surface area contributed by atoms with Crippen LogP contribution in [0.15, 0.2) is 28.8 Å². The Morgan fingerprint density at radius 2 is 2.26 bits per heavy atom. The molecule has 0 bridgehead atoms. The Morgan fingerprint density at radius 3 is 2.95 bits per heavy atom. The number of H-pyrrole nitrogens is 1. The van der Waals surface area contributed by atoms with E-state index in [2.05, 4.69) is 9.97 Å². The normalized spacial score (nSPS) is 13.0. The molecule has 0 fully saturated rings. The molecule has 0 radical (unpaired) electrons. The number of fused-ring (bicyclic) bond motifs is 1. The Bertz CT molecular complexity index is 802. The summed E-state index contributed by atoms with van der Waals surface area (Å²) < 4.78 is 21.1. The number of benzene rings is 1. The molecule has 6 heteroatoms. The van der Waals surface area contributed by atoms with E-state index in [4.69, 9.17) is 16.6 Å². The van der Waals surface area contributed by atoms with Gasteiger partial charge in [-0.15, -0.1) is 0 Å². The summed E-state index contributed by atoms with van der Waals surface area (Å²) in [6.07, 6.45) is 1.67. The van der Waals surface area contributed by atoms with Crippen molar-refractivity contribution in [2.24, 2.45) is 0 Å². The fourth-order valence-corrected chi connectivity index (χ4v) is 2.53. The SMILES string of the molecule is Cc1cnc(C(C)n2c(=S)[nH]c3cc(F)ccc32)o1. The average Bonchev–Trinajstić information content (AvgIpc) is 2.91. The fourth-order valence-electron chi connectivity index (χ4n) is 2.16. The molecule has 3 aromatic rings. The second-order valence-electron chi connectivity index (χ2n) is 4.45. The molecule has 98 valence electrons. The van der Waals surface area contributed by atoms with Crippen molar-refractivity contribution in [2.45, 2.75) is 19.9 Å². The van der Waals surface area contributed by atoms with Crippen molar-refractivity contribution < 1.29 is 8.81 Å². The molecule has 1 aromatic carbocycles. The van der Waals surface area contributed by atoms with Crippen LogP contribution in [0.3, 0.4) is 0 Å². The van der Waals surface area contributed by atoms with Crippen LogP contribution in [-0.4, -0.2) is 14.5 Å². The van der Waals surface area contributed by atoms with Crippen LogP contribution in [0, 0.1) is 17.5 Å². The summed E-state index contributed by atoms with van der Waals surface area (Å²) in [7, 11) is 0. The first-order chi connectivity index (χ1) is 9.06. The van der Waals surface area contributed by atoms with Crippen LogP contribution in [0.1, 0.15) is 24.6 Å². The molecule has 4 nitrogen and oxygen atoms in total. The second-order valence-corrected chi connectivity index (χ2v) is 4.83. The summed E-state index contributed by atoms with van der Waals surface area (Å²) in [5.74, 6) is 1.04. The van der Waals surface area contributed by atoms with Gasteiger partial charge in [-0.2, -0.15) is 0 Å². The molecule has 3 rings (SSSR count). The van der Waals surface area contributed by atoms with E-state index >= 15 is 0 Å². The van der Waals surface area contributed by atoms with Gasteiger partial charge in [-0.05, 0) is 44.3 Å². The van der Waals surface area contributed by atoms with E-state index in [1.165, 1.54) is 12.1 Å². The lowest BCUT2D eigenvalue weighted by Gasteiger charge is -2.10. The average molecular weight is 277 g/mol. The number of oxazole rings is 1. The highest BCUT2D eigenvalue weighted by molar-refractivity contribution is 7.71. The van der Waals surface area contributed by atoms with Gasteiger partial charge in [-0.3, -0.25) is 0 Å². The Labute approximate surface area is 113 Å². The molecular weight excluding hydrogens is 265 g/mol. The van der Waals surface area contributed by atoms with E-state index < -0.39 is 0 Å². The first kappa shape index (κ1) is 12.1. The van der Waals surface area contributed by atoms with Crippen LogP contribution in [0.5, 0.6) is 0 Å². The third kappa shape index (κ3) is 1.98. The summed E-state index contributed by atoms with van der Waals surface area (Å²) in [5, 5.41) is 0. The molecule has 2 heterocycles. The van der Waals surface area contributed by atoms with Gasteiger partial charge in [0.25, 0.3) is 0 Å². The van der Waals surface area contributed by atoms with Crippen molar-refractivity contribution in [3.63, 3.8) is 0 Å². The topological polar surface area (TPSA) is 46.8 Å². The van der Waals surface area contributed by atoms with E-state index in [1.807, 2.05) is 18.4 Å². The van der Waals surface area contributed by atoms with Crippen molar-refractivity contribution in [2.75, 3.05) is 0 Å². The van der Waals surface area contributed by atoms with Gasteiger partial charge >= 0.3 is 0 Å². The molecule has 0 saturated heterocycles. The number of hydrogen-bond acceptors (Lipinski definition) is 3. The van der Waals surface area contributed by atoms with Crippen molar-refractivity contribution >= 4 is 23.3 Å². The monoisotopic (exact) mass is 277 g/mol. The zero-order chi connectivity index (χ0) is 13.6. The molecule has 0 aliphatic heterocycles. The number of imidazole rings is 1. The van der Waals surface area contributed by atoms with Crippen molar-refractivity contribution in [3.8, 4) is 0 Å². The molecule has 2 aromatic heterocycles. The van der Waals surface area contributed by atoms with Gasteiger partial charge in [0.05, 0.1) is 17.2 Å². The predicted octanol–water partition coefficient (Wildman–Crippen LogP) is 3.74. The first-order valence-electron chi connectivity index (χ1n) is 5.88. The van der Waals surface area contributed by atoms with Crippen molar-refractivity contribution in [1.29, 1.82) is 0 Å². The highest BCUT2D eigenvalue weighted by Crippen LogP contribution is 2.24. The largest absolute Gasteiger partial charge is 0.444 e. The third-order valence-corrected chi connectivity index (χ3v) is 3.36. The van der Waals surface area contributed by atoms with Crippen LogP contribution >= 0.6 is 12.2 Å². The quantitative estimate of drug-likeness (QED) is 0.726. The van der Waals surface area contributed by atoms with Crippen LogP contribution < -0.4 is 0 Å². The summed E-state index contributed by atoms with van der Waals surface area (Å²) in [5.41, 5.74) is 1.50. The molecule has 0 aliphatic carbocycles. The molecule has 0 spiro atoms. The lowest BCUT2D eigenvalue weighted by Crippen LogP contribution is -2.07. The van der Waals surface area contributed by atoms with Crippen molar-refractivity contribution in [1.82, 2.24) is 14.5 Å². The Hall–Kier alpha value is -1.95. The van der Waals surface area contributed by atoms with Crippen LogP contribution in [-0.2, 0) is 0 Å². The maximum Gasteiger partial charge on any atom is 0.217 e. The number of nitrogens with one attached hydrogen (secondary N) is 1. The van der Waals surface area contributed by atoms with Gasteiger partial charge < -0.3 is 14.0 Å². The number of aromatic amines is 1. The minimum atomic E-state index is -0.296. The summed E-state index contributed by atoms with van der Waals surface area (Å²) in [4.78, 5) is 7.21. The number of aryl methyl sites for hydroxylation is 1. The van der Waals surface area contributed by atoms with E-state index in [1.54, 1.807) is 12.3 Å². The van der Waals surface area contributed by atoms with E-state index in [9.17, 15) is 4.39 Å². The molecule has 1 unspecified atom stereocenters. The maximum atomic E-state index is 13.2. The van der Waals surface area contributed by atoms with E-state index in [0.29, 0.717) is 16.2 Å². The smallest absolute Gasteiger partial charge is 0.217 e. The lowest BCUT2D eigenvalue weighted by atomic mass is 10.2. The van der Waals surface area contributed by atoms with E-state index in [0.717, 1.165) is 11.3 Å². The zero-order valence-electron chi connectivity index (χ0n) is 10.5. The number of rotatable bonds is 2. The van der Waals surface area contributed by atoms with Gasteiger partial charge in [0.2, 0.25) is 5.89 Å². The molecule has 1 atom stereocenters. The Morgan fingerprint density at radius 1 is 1.47 bits per heavy atom. The molecule has 0 aliphatic rings. The fraction of sp³-hybridized carbons (Fsp3) is 0.231. The van der Waals surface area contributed by atoms with E-state index in [-0.39, 0.29) is 11.9 Å². The second kappa shape index (κ2) is 4.31. The number of halogens is 1. The van der Waals surface area contributed by atoms with Gasteiger partial charge in [-0.25, -0.2) is 9.37 Å². The molecular formula is C13H12FN3OS. The number of aromatic nitrogens is 3. The summed E-state index contributed by atoms with van der Waals surface area (Å²) in [6.45, 7) is 3.78. The minimum Gasteiger partial charge on any atom is -0.444 e. The van der Waals surface area contributed by atoms with Gasteiger partial charge in [0, 0.05) is 0 Å². The third-order valence-electron chi connectivity index (χ3n) is 3.06. The Kier molecular flexibility index (Phi) is 2.74. The molecule has 19 heavy (non-hydrogen) atoms. The number of nitrogens with zero attached hydrogens (tertiary/aromatic N) is 2. The molecule has 0 saturated carbocycles. The first-order valence-corrected chi connectivity index (χ1v) is 6.29. The number of hydrogen-bond donors (Lipinski definition) is 1. The highest BCUT2D eigenvalue weighted by atomic mass is 32.1. The Balaban J connectivity index is 2.19. The molecule has 0 amide bonds. The predicted molar refractivity (Wildman–Crippen MR) is 72.1 cm³/mol. The zero-order valence-corrected chi connectivity index (χ0v) is 11.3. The minimum absolute atomic E-state index is 0.152. The molecule has 1 N–H and O–H groups in total. The summed E-state index contributed by atoms with van der Waals surface area (Å²) in [6, 6.07) is 4.38. The lowest BCUT2D eigenvalue weighted by molar-refractivity contribution is 0.417. The highest BCUT2D eigenvalue weighted by Gasteiger charge is 2.17. The van der Waals surface area contributed by atoms with Crippen molar-refractivity contribution in [3.05, 3.63) is 46.6 Å². The maximum absolute atomic E-state index is 13.2. The summed E-state index contributed by atoms with van der Waals surface area (Å²) >= 11 is 5.29. The standard InChI is InChI=1S/C13H12FN3OS/c1-7-6-15-12(18-7)8(2)17-11-4-3-9(14)5-10(11)16-13(17)19/h3-6,8H,1-2H3,(H,16,19).